The van der Waals surface area contributed by atoms with E-state index in [1.165, 1.54) is 28.7 Å². The first-order valence-corrected chi connectivity index (χ1v) is 9.30. The number of esters is 1. The standard InChI is InChI=1S/C22H27NO2/c1-2-3-4-9-16(23)14-22(24)25-15-21-19-12-7-5-10-17(19)18-11-6-8-13-20(18)21/h5-8,10-13,16,21H,2-4,9,14-15,23H2,1H3/t16-/m0/s1. The van der Waals surface area contributed by atoms with E-state index >= 15 is 0 Å². The van der Waals surface area contributed by atoms with Crippen LogP contribution in [0.4, 0.5) is 0 Å². The van der Waals surface area contributed by atoms with E-state index in [9.17, 15) is 4.79 Å². The van der Waals surface area contributed by atoms with E-state index < -0.39 is 0 Å². The van der Waals surface area contributed by atoms with Gasteiger partial charge in [0.2, 0.25) is 0 Å². The van der Waals surface area contributed by atoms with Crippen molar-refractivity contribution >= 4 is 5.97 Å². The summed E-state index contributed by atoms with van der Waals surface area (Å²) in [7, 11) is 0. The molecule has 1 aliphatic carbocycles. The molecule has 3 nitrogen and oxygen atoms in total. The lowest BCUT2D eigenvalue weighted by Crippen LogP contribution is -2.25. The summed E-state index contributed by atoms with van der Waals surface area (Å²) in [5, 5.41) is 0. The van der Waals surface area contributed by atoms with Gasteiger partial charge in [0.05, 0.1) is 6.42 Å². The molecule has 2 N–H and O–H groups in total. The maximum Gasteiger partial charge on any atom is 0.307 e. The Hall–Kier alpha value is -2.13. The van der Waals surface area contributed by atoms with Crippen LogP contribution in [0.15, 0.2) is 48.5 Å². The van der Waals surface area contributed by atoms with Crippen LogP contribution in [0, 0.1) is 0 Å². The molecule has 0 saturated carbocycles. The number of rotatable bonds is 8. The summed E-state index contributed by atoms with van der Waals surface area (Å²) in [6, 6.07) is 16.6. The van der Waals surface area contributed by atoms with Crippen molar-refractivity contribution in [2.75, 3.05) is 6.61 Å². The Labute approximate surface area is 150 Å². The third-order valence-electron chi connectivity index (χ3n) is 4.98. The summed E-state index contributed by atoms with van der Waals surface area (Å²) in [5.74, 6) is -0.0708. The van der Waals surface area contributed by atoms with Gasteiger partial charge in [-0.3, -0.25) is 4.79 Å². The zero-order valence-electron chi connectivity index (χ0n) is 14.9. The molecular weight excluding hydrogens is 310 g/mol. The topological polar surface area (TPSA) is 52.3 Å². The number of hydrogen-bond acceptors (Lipinski definition) is 3. The van der Waals surface area contributed by atoms with Crippen LogP contribution in [0.25, 0.3) is 11.1 Å². The number of fused-ring (bicyclic) bond motifs is 3. The minimum atomic E-state index is -0.189. The molecule has 2 aromatic rings. The highest BCUT2D eigenvalue weighted by Gasteiger charge is 2.29. The number of hydrogen-bond donors (Lipinski definition) is 1. The fourth-order valence-corrected chi connectivity index (χ4v) is 3.65. The molecule has 132 valence electrons. The highest BCUT2D eigenvalue weighted by molar-refractivity contribution is 5.79. The number of ether oxygens (including phenoxy) is 1. The summed E-state index contributed by atoms with van der Waals surface area (Å²) in [4.78, 5) is 12.2. The summed E-state index contributed by atoms with van der Waals surface area (Å²) in [5.41, 5.74) is 11.0. The zero-order chi connectivity index (χ0) is 17.6. The minimum absolute atomic E-state index is 0.0952. The van der Waals surface area contributed by atoms with Crippen LogP contribution >= 0.6 is 0 Å². The molecule has 0 unspecified atom stereocenters. The molecule has 0 heterocycles. The highest BCUT2D eigenvalue weighted by Crippen LogP contribution is 2.44. The van der Waals surface area contributed by atoms with Crippen LogP contribution < -0.4 is 5.73 Å². The van der Waals surface area contributed by atoms with E-state index in [-0.39, 0.29) is 17.9 Å². The normalized spacial score (nSPS) is 14.0. The second-order valence-corrected chi connectivity index (χ2v) is 6.87. The molecule has 1 atom stereocenters. The van der Waals surface area contributed by atoms with Crippen molar-refractivity contribution in [2.24, 2.45) is 5.73 Å². The molecule has 0 bridgehead atoms. The Bertz CT molecular complexity index is 680. The van der Waals surface area contributed by atoms with Crippen LogP contribution in [-0.2, 0) is 9.53 Å². The summed E-state index contributed by atoms with van der Waals surface area (Å²) >= 11 is 0. The van der Waals surface area contributed by atoms with Gasteiger partial charge in [0, 0.05) is 12.0 Å². The van der Waals surface area contributed by atoms with E-state index in [4.69, 9.17) is 10.5 Å². The smallest absolute Gasteiger partial charge is 0.307 e. The average molecular weight is 337 g/mol. The van der Waals surface area contributed by atoms with Crippen molar-refractivity contribution in [1.29, 1.82) is 0 Å². The first-order valence-electron chi connectivity index (χ1n) is 9.30. The molecule has 0 aliphatic heterocycles. The Balaban J connectivity index is 1.61. The monoisotopic (exact) mass is 337 g/mol. The van der Waals surface area contributed by atoms with Crippen molar-refractivity contribution < 1.29 is 9.53 Å². The van der Waals surface area contributed by atoms with Crippen LogP contribution in [0.1, 0.15) is 56.1 Å². The van der Waals surface area contributed by atoms with Gasteiger partial charge in [0.1, 0.15) is 6.61 Å². The lowest BCUT2D eigenvalue weighted by atomic mass is 9.98. The van der Waals surface area contributed by atoms with E-state index in [1.54, 1.807) is 0 Å². The second kappa shape index (κ2) is 8.30. The van der Waals surface area contributed by atoms with Gasteiger partial charge in [-0.1, -0.05) is 74.7 Å². The van der Waals surface area contributed by atoms with Crippen molar-refractivity contribution in [3.63, 3.8) is 0 Å². The Morgan fingerprint density at radius 3 is 2.24 bits per heavy atom. The Morgan fingerprint density at radius 1 is 1.04 bits per heavy atom. The number of carbonyl (C=O) groups excluding carboxylic acids is 1. The van der Waals surface area contributed by atoms with E-state index in [0.717, 1.165) is 19.3 Å². The van der Waals surface area contributed by atoms with Gasteiger partial charge in [-0.2, -0.15) is 0 Å². The largest absolute Gasteiger partial charge is 0.465 e. The number of unbranched alkanes of at least 4 members (excludes halogenated alkanes) is 2. The number of nitrogens with two attached hydrogens (primary N) is 1. The second-order valence-electron chi connectivity index (χ2n) is 6.87. The van der Waals surface area contributed by atoms with Crippen LogP contribution in [0.2, 0.25) is 0 Å². The van der Waals surface area contributed by atoms with Gasteiger partial charge in [-0.05, 0) is 28.7 Å². The molecule has 0 amide bonds. The quantitative estimate of drug-likeness (QED) is 0.564. The van der Waals surface area contributed by atoms with Gasteiger partial charge in [0.25, 0.3) is 0 Å². The Kier molecular flexibility index (Phi) is 5.87. The average Bonchev–Trinajstić information content (AvgIpc) is 2.94. The first kappa shape index (κ1) is 17.7. The van der Waals surface area contributed by atoms with Crippen molar-refractivity contribution in [2.45, 2.75) is 51.0 Å². The predicted molar refractivity (Wildman–Crippen MR) is 101 cm³/mol. The molecule has 3 heteroatoms. The lowest BCUT2D eigenvalue weighted by molar-refractivity contribution is -0.144. The number of carbonyl (C=O) groups is 1. The molecule has 0 aromatic heterocycles. The fraction of sp³-hybridized carbons (Fsp3) is 0.409. The van der Waals surface area contributed by atoms with E-state index in [1.807, 2.05) is 12.1 Å². The van der Waals surface area contributed by atoms with Crippen molar-refractivity contribution in [3.05, 3.63) is 59.7 Å². The van der Waals surface area contributed by atoms with Gasteiger partial charge in [-0.25, -0.2) is 0 Å². The maximum atomic E-state index is 12.2. The van der Waals surface area contributed by atoms with Gasteiger partial charge in [-0.15, -0.1) is 0 Å². The maximum absolute atomic E-state index is 12.2. The third kappa shape index (κ3) is 4.10. The molecule has 2 aromatic carbocycles. The van der Waals surface area contributed by atoms with Crippen molar-refractivity contribution in [3.8, 4) is 11.1 Å². The highest BCUT2D eigenvalue weighted by atomic mass is 16.5. The summed E-state index contributed by atoms with van der Waals surface area (Å²) < 4.78 is 5.60. The minimum Gasteiger partial charge on any atom is -0.465 e. The molecule has 1 aliphatic rings. The SMILES string of the molecule is CCCCC[C@H](N)CC(=O)OCC1c2ccccc2-c2ccccc21. The molecule has 0 fully saturated rings. The first-order chi connectivity index (χ1) is 12.2. The molecule has 0 radical (unpaired) electrons. The number of benzene rings is 2. The molecule has 25 heavy (non-hydrogen) atoms. The van der Waals surface area contributed by atoms with Crippen molar-refractivity contribution in [1.82, 2.24) is 0 Å². The lowest BCUT2D eigenvalue weighted by Gasteiger charge is -2.15. The third-order valence-corrected chi connectivity index (χ3v) is 4.98. The van der Waals surface area contributed by atoms with E-state index in [0.29, 0.717) is 13.0 Å². The van der Waals surface area contributed by atoms with Crippen LogP contribution in [0.5, 0.6) is 0 Å². The van der Waals surface area contributed by atoms with Crippen LogP contribution in [-0.4, -0.2) is 18.6 Å². The van der Waals surface area contributed by atoms with Gasteiger partial charge >= 0.3 is 5.97 Å². The Morgan fingerprint density at radius 2 is 1.64 bits per heavy atom. The zero-order valence-corrected chi connectivity index (χ0v) is 14.9. The molecule has 0 saturated heterocycles. The predicted octanol–water partition coefficient (Wildman–Crippen LogP) is 4.64. The summed E-state index contributed by atoms with van der Waals surface area (Å²) in [6.07, 6.45) is 4.60. The fourth-order valence-electron chi connectivity index (χ4n) is 3.65. The molecule has 3 rings (SSSR count). The van der Waals surface area contributed by atoms with Gasteiger partial charge < -0.3 is 10.5 Å². The van der Waals surface area contributed by atoms with Crippen LogP contribution in [0.3, 0.4) is 0 Å². The molecular formula is C22H27NO2. The van der Waals surface area contributed by atoms with E-state index in [2.05, 4.69) is 43.3 Å². The summed E-state index contributed by atoms with van der Waals surface area (Å²) in [6.45, 7) is 2.55. The van der Waals surface area contributed by atoms with Gasteiger partial charge in [0.15, 0.2) is 0 Å². The molecule has 0 spiro atoms.